The van der Waals surface area contributed by atoms with Crippen molar-refractivity contribution < 1.29 is 29.2 Å². The molecule has 0 heterocycles. The van der Waals surface area contributed by atoms with Gasteiger partial charge in [0.2, 0.25) is 0 Å². The van der Waals surface area contributed by atoms with Gasteiger partial charge in [0.15, 0.2) is 16.6 Å². The summed E-state index contributed by atoms with van der Waals surface area (Å²) < 4.78 is 24.9. The van der Waals surface area contributed by atoms with Crippen LogP contribution in [0.4, 0.5) is 0 Å². The number of rotatable bonds is 19. The van der Waals surface area contributed by atoms with E-state index in [4.69, 9.17) is 28.3 Å². The minimum atomic E-state index is -1.60. The van der Waals surface area contributed by atoms with Crippen molar-refractivity contribution in [3.05, 3.63) is 0 Å². The monoisotopic (exact) mass is 924 g/mol. The first-order valence-electron chi connectivity index (χ1n) is 20.0. The van der Waals surface area contributed by atoms with E-state index in [1.165, 1.54) is 22.3 Å². The summed E-state index contributed by atoms with van der Waals surface area (Å²) in [6.45, 7) is 34.4. The first kappa shape index (κ1) is 50.1. The molecule has 0 bridgehead atoms. The molecule has 0 amide bonds. The number of aliphatic imine (C=N–C) groups is 2. The first-order chi connectivity index (χ1) is 23.7. The molecular formula is C40H80Br2N2NiO4Si2. The van der Waals surface area contributed by atoms with Gasteiger partial charge in [-0.2, -0.15) is 0 Å². The summed E-state index contributed by atoms with van der Waals surface area (Å²) in [5, 5.41) is 0. The van der Waals surface area contributed by atoms with E-state index in [0.717, 1.165) is 64.6 Å². The molecule has 0 spiro atoms. The Morgan fingerprint density at radius 1 is 0.569 bits per heavy atom. The number of nitrogens with zero attached hydrogens (tertiary/aromatic N) is 2. The van der Waals surface area contributed by atoms with Crippen molar-refractivity contribution in [2.75, 3.05) is 27.4 Å². The van der Waals surface area contributed by atoms with E-state index in [-0.39, 0.29) is 12.1 Å². The molecule has 0 aliphatic heterocycles. The van der Waals surface area contributed by atoms with Gasteiger partial charge in [-0.25, -0.2) is 0 Å². The number of ether oxygens (including phenoxy) is 2. The second-order valence-corrected chi connectivity index (χ2v) is 32.6. The van der Waals surface area contributed by atoms with Gasteiger partial charge in [0.25, 0.3) is 0 Å². The normalized spacial score (nSPS) is 28.6. The second kappa shape index (κ2) is 24.6. The van der Waals surface area contributed by atoms with E-state index in [0.29, 0.717) is 59.6 Å². The molecule has 2 saturated carbocycles. The molecule has 306 valence electrons. The molecule has 0 saturated heterocycles. The van der Waals surface area contributed by atoms with E-state index in [9.17, 15) is 0 Å². The molecule has 6 nitrogen and oxygen atoms in total. The van der Waals surface area contributed by atoms with Crippen molar-refractivity contribution in [1.29, 1.82) is 0 Å². The van der Waals surface area contributed by atoms with Gasteiger partial charge in [-0.05, 0) is 138 Å². The standard InChI is InChI=1S/C40H80N2O4Si2.2BrH.Ni/c1-27(2)33-23-31(43-9)24-34(28(3)4)39(33)41-37(19-17-21-45-47(11,12)13)38(20-18-22-46-48(14,15)16)42-40-35(29(5)6)25-32(44-10)26-36(40)30(7)8;;;/h27-36,39-40H,17-26H2,1-16H3;2*1H;/q;;;+2/p-2. The fraction of sp³-hybridized carbons (Fsp3) is 0.950. The molecule has 2 aliphatic carbocycles. The van der Waals surface area contributed by atoms with Crippen molar-refractivity contribution in [3.8, 4) is 0 Å². The fourth-order valence-electron chi connectivity index (χ4n) is 8.20. The maximum absolute atomic E-state index is 6.40. The van der Waals surface area contributed by atoms with Gasteiger partial charge in [-0.1, -0.05) is 55.4 Å². The summed E-state index contributed by atoms with van der Waals surface area (Å²) in [6, 6.07) is 0.553. The zero-order valence-corrected chi connectivity index (χ0v) is 41.8. The Bertz CT molecular complexity index is 905. The van der Waals surface area contributed by atoms with Crippen molar-refractivity contribution in [2.24, 2.45) is 57.3 Å². The molecule has 2 aliphatic rings. The molecule has 2 fully saturated rings. The van der Waals surface area contributed by atoms with Crippen molar-refractivity contribution in [2.45, 2.75) is 170 Å². The average molecular weight is 928 g/mol. The first-order valence-corrected chi connectivity index (χ1v) is 31.7. The summed E-state index contributed by atoms with van der Waals surface area (Å²) >= 11 is 6.00. The molecule has 4 unspecified atom stereocenters. The van der Waals surface area contributed by atoms with Gasteiger partial charge < -0.3 is 18.3 Å². The Morgan fingerprint density at radius 2 is 0.824 bits per heavy atom. The molecule has 2 rings (SSSR count). The summed E-state index contributed by atoms with van der Waals surface area (Å²) in [5.41, 5.74) is 2.50. The van der Waals surface area contributed by atoms with Crippen LogP contribution in [0.2, 0.25) is 39.3 Å². The molecule has 0 aromatic heterocycles. The summed E-state index contributed by atoms with van der Waals surface area (Å²) in [4.78, 5) is 11.9. The second-order valence-electron chi connectivity index (χ2n) is 18.6. The summed E-state index contributed by atoms with van der Waals surface area (Å²) in [5.74, 6) is 4.13. The van der Waals surface area contributed by atoms with Crippen LogP contribution in [-0.4, -0.2) is 79.8 Å². The van der Waals surface area contributed by atoms with Crippen LogP contribution in [0, 0.1) is 47.3 Å². The van der Waals surface area contributed by atoms with Gasteiger partial charge in [-0.3, -0.25) is 9.98 Å². The van der Waals surface area contributed by atoms with E-state index in [1.807, 2.05) is 14.2 Å². The van der Waals surface area contributed by atoms with Gasteiger partial charge in [0, 0.05) is 27.4 Å². The van der Waals surface area contributed by atoms with Crippen LogP contribution >= 0.6 is 28.5 Å². The van der Waals surface area contributed by atoms with E-state index in [1.54, 1.807) is 0 Å². The molecule has 11 heteroatoms. The molecule has 0 aromatic carbocycles. The van der Waals surface area contributed by atoms with Crippen molar-refractivity contribution in [1.82, 2.24) is 0 Å². The van der Waals surface area contributed by atoms with Crippen molar-refractivity contribution in [3.63, 3.8) is 0 Å². The van der Waals surface area contributed by atoms with E-state index < -0.39 is 16.6 Å². The van der Waals surface area contributed by atoms with Crippen LogP contribution < -0.4 is 0 Å². The van der Waals surface area contributed by atoms with Crippen LogP contribution in [-0.2, 0) is 29.2 Å². The number of hydrogen-bond acceptors (Lipinski definition) is 6. The molecule has 0 aromatic rings. The zero-order valence-electron chi connectivity index (χ0n) is 35.6. The number of halogens is 2. The van der Waals surface area contributed by atoms with E-state index in [2.05, 4.69) is 123 Å². The summed E-state index contributed by atoms with van der Waals surface area (Å²) in [7, 11) is 1.84. The molecular weight excluding hydrogens is 847 g/mol. The molecule has 0 N–H and O–H groups in total. The zero-order chi connectivity index (χ0) is 39.1. The van der Waals surface area contributed by atoms with Gasteiger partial charge >= 0.3 is 39.3 Å². The maximum atomic E-state index is 6.40. The van der Waals surface area contributed by atoms with Crippen LogP contribution in [0.3, 0.4) is 0 Å². The van der Waals surface area contributed by atoms with Crippen LogP contribution in [0.25, 0.3) is 0 Å². The third-order valence-corrected chi connectivity index (χ3v) is 13.3. The predicted molar refractivity (Wildman–Crippen MR) is 231 cm³/mol. The number of methoxy groups -OCH3 is 2. The summed E-state index contributed by atoms with van der Waals surface area (Å²) in [6.07, 6.45) is 8.76. The Labute approximate surface area is 338 Å². The van der Waals surface area contributed by atoms with Crippen LogP contribution in [0.15, 0.2) is 9.98 Å². The third kappa shape index (κ3) is 18.7. The quantitative estimate of drug-likeness (QED) is 0.0736. The van der Waals surface area contributed by atoms with Gasteiger partial charge in [0.1, 0.15) is 0 Å². The third-order valence-electron chi connectivity index (χ3n) is 11.1. The van der Waals surface area contributed by atoms with E-state index >= 15 is 0 Å². The van der Waals surface area contributed by atoms with Gasteiger partial charge in [-0.15, -0.1) is 0 Å². The molecule has 4 atom stereocenters. The van der Waals surface area contributed by atoms with Crippen LogP contribution in [0.5, 0.6) is 0 Å². The topological polar surface area (TPSA) is 61.6 Å². The Balaban J connectivity index is 0.00000418. The average Bonchev–Trinajstić information content (AvgIpc) is 3.02. The number of hydrogen-bond donors (Lipinski definition) is 0. The molecule has 0 radical (unpaired) electrons. The van der Waals surface area contributed by atoms with Gasteiger partial charge in [0.05, 0.1) is 35.7 Å². The Morgan fingerprint density at radius 3 is 1.02 bits per heavy atom. The Kier molecular flexibility index (Phi) is 24.2. The van der Waals surface area contributed by atoms with Crippen molar-refractivity contribution >= 4 is 56.5 Å². The SMILES string of the molecule is COC1CC(C(C)C)C(N=C(CCCO[Si](C)(C)C)C(CCCO[Si](C)(C)C)=NC2C(C(C)C)CC(OC)CC2C(C)C)C(C(C)C)C1.[Br][Ni][Br]. The Hall–Kier alpha value is 1.07. The predicted octanol–water partition coefficient (Wildman–Crippen LogP) is 12.3. The minimum absolute atomic E-state index is 0.277. The fourth-order valence-corrected chi connectivity index (χ4v) is 9.71. The molecule has 51 heavy (non-hydrogen) atoms. The van der Waals surface area contributed by atoms with Crippen LogP contribution in [0.1, 0.15) is 107 Å².